The van der Waals surface area contributed by atoms with Gasteiger partial charge in [-0.15, -0.1) is 0 Å². The Morgan fingerprint density at radius 3 is 2.26 bits per heavy atom. The van der Waals surface area contributed by atoms with Gasteiger partial charge in [-0.25, -0.2) is 4.79 Å². The van der Waals surface area contributed by atoms with Gasteiger partial charge in [0.25, 0.3) is 0 Å². The molecule has 0 saturated heterocycles. The summed E-state index contributed by atoms with van der Waals surface area (Å²) in [6.45, 7) is 8.32. The van der Waals surface area contributed by atoms with Gasteiger partial charge in [0.05, 0.1) is 19.8 Å². The molecule has 1 atom stereocenters. The summed E-state index contributed by atoms with van der Waals surface area (Å²) in [5.74, 6) is 0.755. The third-order valence-corrected chi connectivity index (χ3v) is 3.11. The van der Waals surface area contributed by atoms with Gasteiger partial charge in [-0.2, -0.15) is 0 Å². The predicted molar refractivity (Wildman–Crippen MR) is 73.9 cm³/mol. The van der Waals surface area contributed by atoms with E-state index in [0.717, 1.165) is 0 Å². The molecule has 0 aromatic heterocycles. The molecule has 19 heavy (non-hydrogen) atoms. The van der Waals surface area contributed by atoms with Crippen LogP contribution >= 0.6 is 0 Å². The number of rotatable bonds is 4. The first-order chi connectivity index (χ1) is 8.79. The Labute approximate surface area is 114 Å². The minimum atomic E-state index is -0.395. The average molecular weight is 266 g/mol. The van der Waals surface area contributed by atoms with E-state index in [-0.39, 0.29) is 11.5 Å². The van der Waals surface area contributed by atoms with Crippen molar-refractivity contribution in [3.8, 4) is 11.5 Å². The zero-order valence-electron chi connectivity index (χ0n) is 12.4. The summed E-state index contributed by atoms with van der Waals surface area (Å²) >= 11 is 0. The van der Waals surface area contributed by atoms with Crippen LogP contribution < -0.4 is 9.47 Å². The molecule has 0 amide bonds. The fourth-order valence-electron chi connectivity index (χ4n) is 1.38. The molecule has 0 bridgehead atoms. The zero-order valence-corrected chi connectivity index (χ0v) is 12.4. The smallest absolute Gasteiger partial charge is 0.337 e. The van der Waals surface area contributed by atoms with E-state index in [4.69, 9.17) is 9.47 Å². The lowest BCUT2D eigenvalue weighted by Gasteiger charge is -2.28. The van der Waals surface area contributed by atoms with Crippen molar-refractivity contribution in [2.75, 3.05) is 14.2 Å². The molecule has 0 heterocycles. The molecule has 0 spiro atoms. The van der Waals surface area contributed by atoms with Gasteiger partial charge in [-0.3, -0.25) is 0 Å². The fourth-order valence-corrected chi connectivity index (χ4v) is 1.38. The maximum absolute atomic E-state index is 11.5. The van der Waals surface area contributed by atoms with Crippen LogP contribution in [0.25, 0.3) is 0 Å². The molecule has 0 radical (unpaired) electrons. The molecule has 4 nitrogen and oxygen atoms in total. The first-order valence-electron chi connectivity index (χ1n) is 6.22. The van der Waals surface area contributed by atoms with E-state index in [1.54, 1.807) is 25.3 Å². The van der Waals surface area contributed by atoms with E-state index < -0.39 is 5.97 Å². The predicted octanol–water partition coefficient (Wildman–Crippen LogP) is 3.30. The van der Waals surface area contributed by atoms with Crippen molar-refractivity contribution in [1.29, 1.82) is 0 Å². The summed E-state index contributed by atoms with van der Waals surface area (Å²) in [7, 11) is 2.89. The van der Waals surface area contributed by atoms with Gasteiger partial charge >= 0.3 is 5.97 Å². The lowest BCUT2D eigenvalue weighted by atomic mass is 9.90. The highest BCUT2D eigenvalue weighted by molar-refractivity contribution is 5.90. The monoisotopic (exact) mass is 266 g/mol. The Balaban J connectivity index is 3.00. The third kappa shape index (κ3) is 3.88. The van der Waals surface area contributed by atoms with Gasteiger partial charge in [-0.1, -0.05) is 20.8 Å². The van der Waals surface area contributed by atoms with Crippen LogP contribution in [0.3, 0.4) is 0 Å². The van der Waals surface area contributed by atoms with Crippen molar-refractivity contribution in [3.05, 3.63) is 23.8 Å². The normalized spacial score (nSPS) is 12.7. The van der Waals surface area contributed by atoms with E-state index in [0.29, 0.717) is 17.1 Å². The number of esters is 1. The standard InChI is InChI=1S/C15H22O4/c1-10(15(2,3)4)19-12-8-7-11(14(16)18-6)9-13(12)17-5/h7-10H,1-6H3. The van der Waals surface area contributed by atoms with Crippen molar-refractivity contribution in [3.63, 3.8) is 0 Å². The summed E-state index contributed by atoms with van der Waals surface area (Å²) < 4.78 is 15.8. The van der Waals surface area contributed by atoms with Crippen molar-refractivity contribution in [2.24, 2.45) is 5.41 Å². The molecule has 0 aliphatic heterocycles. The molecule has 1 aromatic rings. The van der Waals surface area contributed by atoms with Crippen LogP contribution in [0.15, 0.2) is 18.2 Å². The van der Waals surface area contributed by atoms with Gasteiger partial charge in [0.1, 0.15) is 6.10 Å². The Bertz CT molecular complexity index is 446. The minimum absolute atomic E-state index is 0.0189. The topological polar surface area (TPSA) is 44.8 Å². The first kappa shape index (κ1) is 15.3. The van der Waals surface area contributed by atoms with E-state index >= 15 is 0 Å². The number of ether oxygens (including phenoxy) is 3. The highest BCUT2D eigenvalue weighted by atomic mass is 16.5. The number of hydrogen-bond donors (Lipinski definition) is 0. The summed E-state index contributed by atoms with van der Waals surface area (Å²) in [5, 5.41) is 0. The Kier molecular flexibility index (Phi) is 4.81. The number of methoxy groups -OCH3 is 2. The fraction of sp³-hybridized carbons (Fsp3) is 0.533. The van der Waals surface area contributed by atoms with Crippen molar-refractivity contribution >= 4 is 5.97 Å². The molecule has 1 rings (SSSR count). The van der Waals surface area contributed by atoms with Crippen LogP contribution in [0.2, 0.25) is 0 Å². The molecule has 0 N–H and O–H groups in total. The van der Waals surface area contributed by atoms with E-state index in [1.165, 1.54) is 7.11 Å². The number of benzene rings is 1. The van der Waals surface area contributed by atoms with Crippen LogP contribution in [0.4, 0.5) is 0 Å². The molecular formula is C15H22O4. The third-order valence-electron chi connectivity index (χ3n) is 3.11. The molecule has 0 aliphatic rings. The van der Waals surface area contributed by atoms with Crippen LogP contribution in [-0.2, 0) is 4.74 Å². The van der Waals surface area contributed by atoms with Crippen LogP contribution in [0.1, 0.15) is 38.1 Å². The Morgan fingerprint density at radius 2 is 1.79 bits per heavy atom. The second-order valence-corrected chi connectivity index (χ2v) is 5.48. The largest absolute Gasteiger partial charge is 0.493 e. The highest BCUT2D eigenvalue weighted by Gasteiger charge is 2.23. The maximum Gasteiger partial charge on any atom is 0.337 e. The molecule has 1 unspecified atom stereocenters. The Morgan fingerprint density at radius 1 is 1.16 bits per heavy atom. The van der Waals surface area contributed by atoms with Crippen LogP contribution in [-0.4, -0.2) is 26.3 Å². The van der Waals surface area contributed by atoms with Crippen LogP contribution in [0, 0.1) is 5.41 Å². The molecule has 1 aromatic carbocycles. The minimum Gasteiger partial charge on any atom is -0.493 e. The van der Waals surface area contributed by atoms with Crippen molar-refractivity contribution in [1.82, 2.24) is 0 Å². The molecule has 0 aliphatic carbocycles. The summed E-state index contributed by atoms with van der Waals surface area (Å²) in [5.41, 5.74) is 0.460. The van der Waals surface area contributed by atoms with Crippen molar-refractivity contribution < 1.29 is 19.0 Å². The van der Waals surface area contributed by atoms with E-state index in [9.17, 15) is 4.79 Å². The van der Waals surface area contributed by atoms with Crippen LogP contribution in [0.5, 0.6) is 11.5 Å². The second kappa shape index (κ2) is 5.95. The lowest BCUT2D eigenvalue weighted by Crippen LogP contribution is -2.28. The summed E-state index contributed by atoms with van der Waals surface area (Å²) in [4.78, 5) is 11.5. The van der Waals surface area contributed by atoms with Gasteiger partial charge in [0.15, 0.2) is 11.5 Å². The maximum atomic E-state index is 11.5. The van der Waals surface area contributed by atoms with E-state index in [2.05, 4.69) is 25.5 Å². The van der Waals surface area contributed by atoms with Gasteiger partial charge in [0, 0.05) is 0 Å². The molecule has 0 fully saturated rings. The summed E-state index contributed by atoms with van der Waals surface area (Å²) in [6.07, 6.45) is 0.0189. The average Bonchev–Trinajstić information content (AvgIpc) is 2.37. The first-order valence-corrected chi connectivity index (χ1v) is 6.22. The summed E-state index contributed by atoms with van der Waals surface area (Å²) in [6, 6.07) is 5.02. The number of hydrogen-bond acceptors (Lipinski definition) is 4. The molecular weight excluding hydrogens is 244 g/mol. The zero-order chi connectivity index (χ0) is 14.6. The van der Waals surface area contributed by atoms with Gasteiger partial charge in [0.2, 0.25) is 0 Å². The van der Waals surface area contributed by atoms with E-state index in [1.807, 2.05) is 6.92 Å². The SMILES string of the molecule is COC(=O)c1ccc(OC(C)C(C)(C)C)c(OC)c1. The van der Waals surface area contributed by atoms with Gasteiger partial charge < -0.3 is 14.2 Å². The lowest BCUT2D eigenvalue weighted by molar-refractivity contribution is 0.0600. The number of carbonyl (C=O) groups is 1. The molecule has 4 heteroatoms. The number of carbonyl (C=O) groups excluding carboxylic acids is 1. The molecule has 0 saturated carbocycles. The Hall–Kier alpha value is -1.71. The molecule has 106 valence electrons. The van der Waals surface area contributed by atoms with Gasteiger partial charge in [-0.05, 0) is 30.5 Å². The second-order valence-electron chi connectivity index (χ2n) is 5.48. The van der Waals surface area contributed by atoms with Crippen molar-refractivity contribution in [2.45, 2.75) is 33.8 Å². The highest BCUT2D eigenvalue weighted by Crippen LogP contribution is 2.32. The quantitative estimate of drug-likeness (QED) is 0.784.